The number of carbonyl (C=O) groups excluding carboxylic acids is 1. The van der Waals surface area contributed by atoms with E-state index in [1.807, 2.05) is 0 Å². The van der Waals surface area contributed by atoms with E-state index in [4.69, 9.17) is 17.3 Å². The standard InChI is InChI=1S/C14H19ClN2O/c15-12-9-5-8-11(13(12)16)14(18)17-10-6-3-1-2-4-7-10/h5,8-10H,1-4,6-7,16H2,(H,17,18). The number of nitrogens with one attached hydrogen (secondary N) is 1. The molecule has 18 heavy (non-hydrogen) atoms. The van der Waals surface area contributed by atoms with Gasteiger partial charge in [0.05, 0.1) is 16.3 Å². The minimum absolute atomic E-state index is 0.109. The van der Waals surface area contributed by atoms with Crippen LogP contribution in [0.1, 0.15) is 48.9 Å². The number of benzene rings is 1. The van der Waals surface area contributed by atoms with E-state index in [2.05, 4.69) is 5.32 Å². The van der Waals surface area contributed by atoms with Crippen LogP contribution in [-0.2, 0) is 0 Å². The van der Waals surface area contributed by atoms with E-state index >= 15 is 0 Å². The van der Waals surface area contributed by atoms with Gasteiger partial charge in [0.1, 0.15) is 0 Å². The zero-order chi connectivity index (χ0) is 13.0. The number of amides is 1. The van der Waals surface area contributed by atoms with Crippen LogP contribution in [0.4, 0.5) is 5.69 Å². The molecule has 1 aromatic carbocycles. The smallest absolute Gasteiger partial charge is 0.253 e. The second-order valence-electron chi connectivity index (χ2n) is 4.86. The highest BCUT2D eigenvalue weighted by Crippen LogP contribution is 2.23. The monoisotopic (exact) mass is 266 g/mol. The maximum Gasteiger partial charge on any atom is 0.253 e. The fourth-order valence-electron chi connectivity index (χ4n) is 2.42. The quantitative estimate of drug-likeness (QED) is 0.637. The Morgan fingerprint density at radius 1 is 1.22 bits per heavy atom. The normalized spacial score (nSPS) is 17.2. The third-order valence-corrected chi connectivity index (χ3v) is 3.82. The number of hydrogen-bond acceptors (Lipinski definition) is 2. The molecule has 0 atom stereocenters. The fraction of sp³-hybridized carbons (Fsp3) is 0.500. The molecule has 0 heterocycles. The van der Waals surface area contributed by atoms with E-state index < -0.39 is 0 Å². The SMILES string of the molecule is Nc1c(Cl)cccc1C(=O)NC1CCCCCC1. The summed E-state index contributed by atoms with van der Waals surface area (Å²) >= 11 is 5.92. The highest BCUT2D eigenvalue weighted by Gasteiger charge is 2.17. The van der Waals surface area contributed by atoms with Gasteiger partial charge in [-0.3, -0.25) is 4.79 Å². The summed E-state index contributed by atoms with van der Waals surface area (Å²) in [5, 5.41) is 3.50. The number of carbonyl (C=O) groups is 1. The van der Waals surface area contributed by atoms with Crippen LogP contribution in [0.5, 0.6) is 0 Å². The summed E-state index contributed by atoms with van der Waals surface area (Å²) in [7, 11) is 0. The van der Waals surface area contributed by atoms with Crippen molar-refractivity contribution in [2.45, 2.75) is 44.6 Å². The molecule has 4 heteroatoms. The number of hydrogen-bond donors (Lipinski definition) is 2. The Balaban J connectivity index is 2.04. The van der Waals surface area contributed by atoms with Crippen molar-refractivity contribution >= 4 is 23.2 Å². The van der Waals surface area contributed by atoms with E-state index in [9.17, 15) is 4.79 Å². The van der Waals surface area contributed by atoms with Gasteiger partial charge in [-0.15, -0.1) is 0 Å². The van der Waals surface area contributed by atoms with E-state index in [1.54, 1.807) is 18.2 Å². The molecular weight excluding hydrogens is 248 g/mol. The summed E-state index contributed by atoms with van der Waals surface area (Å²) < 4.78 is 0. The Morgan fingerprint density at radius 2 is 1.89 bits per heavy atom. The first-order chi connectivity index (χ1) is 8.68. The molecule has 3 N–H and O–H groups in total. The Kier molecular flexibility index (Phi) is 4.48. The van der Waals surface area contributed by atoms with Gasteiger partial charge < -0.3 is 11.1 Å². The summed E-state index contributed by atoms with van der Waals surface area (Å²) in [6, 6.07) is 5.44. The van der Waals surface area contributed by atoms with Crippen molar-refractivity contribution in [3.8, 4) is 0 Å². The number of nitrogens with two attached hydrogens (primary N) is 1. The average molecular weight is 267 g/mol. The largest absolute Gasteiger partial charge is 0.397 e. The molecule has 1 aromatic rings. The van der Waals surface area contributed by atoms with E-state index in [0.717, 1.165) is 12.8 Å². The van der Waals surface area contributed by atoms with Crippen molar-refractivity contribution in [2.75, 3.05) is 5.73 Å². The van der Waals surface area contributed by atoms with Crippen molar-refractivity contribution in [1.82, 2.24) is 5.32 Å². The van der Waals surface area contributed by atoms with Gasteiger partial charge in [0.2, 0.25) is 0 Å². The molecule has 2 rings (SSSR count). The molecule has 1 fully saturated rings. The Bertz CT molecular complexity index is 426. The van der Waals surface area contributed by atoms with Crippen molar-refractivity contribution in [2.24, 2.45) is 0 Å². The van der Waals surface area contributed by atoms with Gasteiger partial charge in [0.15, 0.2) is 0 Å². The van der Waals surface area contributed by atoms with Crippen LogP contribution < -0.4 is 11.1 Å². The lowest BCUT2D eigenvalue weighted by Gasteiger charge is -2.17. The zero-order valence-corrected chi connectivity index (χ0v) is 11.2. The van der Waals surface area contributed by atoms with Crippen LogP contribution >= 0.6 is 11.6 Å². The van der Waals surface area contributed by atoms with Gasteiger partial charge in [-0.1, -0.05) is 43.4 Å². The lowest BCUT2D eigenvalue weighted by Crippen LogP contribution is -2.34. The van der Waals surface area contributed by atoms with E-state index in [0.29, 0.717) is 16.3 Å². The van der Waals surface area contributed by atoms with Crippen LogP contribution in [0.3, 0.4) is 0 Å². The Morgan fingerprint density at radius 3 is 2.56 bits per heavy atom. The molecule has 1 amide bonds. The van der Waals surface area contributed by atoms with E-state index in [-0.39, 0.29) is 11.9 Å². The topological polar surface area (TPSA) is 55.1 Å². The van der Waals surface area contributed by atoms with Gasteiger partial charge in [0, 0.05) is 6.04 Å². The summed E-state index contributed by atoms with van der Waals surface area (Å²) in [5.41, 5.74) is 6.67. The highest BCUT2D eigenvalue weighted by molar-refractivity contribution is 6.33. The molecule has 0 bridgehead atoms. The van der Waals surface area contributed by atoms with Gasteiger partial charge >= 0.3 is 0 Å². The molecule has 0 aromatic heterocycles. The number of rotatable bonds is 2. The summed E-state index contributed by atoms with van der Waals surface area (Å²) in [6.45, 7) is 0. The van der Waals surface area contributed by atoms with Crippen LogP contribution in [0.25, 0.3) is 0 Å². The third kappa shape index (κ3) is 3.16. The Hall–Kier alpha value is -1.22. The first-order valence-electron chi connectivity index (χ1n) is 6.53. The second kappa shape index (κ2) is 6.10. The van der Waals surface area contributed by atoms with Crippen LogP contribution in [0.15, 0.2) is 18.2 Å². The molecule has 0 unspecified atom stereocenters. The second-order valence-corrected chi connectivity index (χ2v) is 5.27. The van der Waals surface area contributed by atoms with Crippen molar-refractivity contribution in [3.05, 3.63) is 28.8 Å². The zero-order valence-electron chi connectivity index (χ0n) is 10.4. The summed E-state index contributed by atoms with van der Waals surface area (Å²) in [6.07, 6.45) is 7.04. The summed E-state index contributed by atoms with van der Waals surface area (Å²) in [5.74, 6) is -0.109. The first kappa shape index (κ1) is 13.2. The van der Waals surface area contributed by atoms with Crippen LogP contribution in [-0.4, -0.2) is 11.9 Å². The average Bonchev–Trinajstić information content (AvgIpc) is 2.61. The van der Waals surface area contributed by atoms with Gasteiger partial charge in [-0.05, 0) is 25.0 Å². The molecule has 1 saturated carbocycles. The lowest BCUT2D eigenvalue weighted by molar-refractivity contribution is 0.0934. The van der Waals surface area contributed by atoms with Crippen molar-refractivity contribution < 1.29 is 4.79 Å². The molecular formula is C14H19ClN2O. The maximum absolute atomic E-state index is 12.1. The number of nitrogen functional groups attached to an aromatic ring is 1. The maximum atomic E-state index is 12.1. The number of para-hydroxylation sites is 1. The van der Waals surface area contributed by atoms with E-state index in [1.165, 1.54) is 25.7 Å². The Labute approximate surface area is 113 Å². The first-order valence-corrected chi connectivity index (χ1v) is 6.91. The molecule has 0 aliphatic heterocycles. The predicted octanol–water partition coefficient (Wildman–Crippen LogP) is 3.37. The molecule has 98 valence electrons. The predicted molar refractivity (Wildman–Crippen MR) is 74.8 cm³/mol. The molecule has 0 saturated heterocycles. The fourth-order valence-corrected chi connectivity index (χ4v) is 2.60. The molecule has 1 aliphatic rings. The molecule has 1 aliphatic carbocycles. The van der Waals surface area contributed by atoms with Crippen molar-refractivity contribution in [1.29, 1.82) is 0 Å². The van der Waals surface area contributed by atoms with Gasteiger partial charge in [-0.2, -0.15) is 0 Å². The van der Waals surface area contributed by atoms with Crippen molar-refractivity contribution in [3.63, 3.8) is 0 Å². The van der Waals surface area contributed by atoms with Crippen LogP contribution in [0, 0.1) is 0 Å². The minimum Gasteiger partial charge on any atom is -0.397 e. The number of halogens is 1. The minimum atomic E-state index is -0.109. The van der Waals surface area contributed by atoms with Crippen LogP contribution in [0.2, 0.25) is 5.02 Å². The summed E-state index contributed by atoms with van der Waals surface area (Å²) in [4.78, 5) is 12.1. The molecule has 0 spiro atoms. The lowest BCUT2D eigenvalue weighted by atomic mass is 10.1. The molecule has 3 nitrogen and oxygen atoms in total. The van der Waals surface area contributed by atoms with Gasteiger partial charge in [-0.25, -0.2) is 0 Å². The van der Waals surface area contributed by atoms with Gasteiger partial charge in [0.25, 0.3) is 5.91 Å². The third-order valence-electron chi connectivity index (χ3n) is 3.49. The molecule has 0 radical (unpaired) electrons. The highest BCUT2D eigenvalue weighted by atomic mass is 35.5. The number of anilines is 1.